The summed E-state index contributed by atoms with van der Waals surface area (Å²) in [6, 6.07) is 5.32. The third-order valence-electron chi connectivity index (χ3n) is 3.20. The van der Waals surface area contributed by atoms with E-state index in [0.717, 1.165) is 16.5 Å². The second-order valence-electron chi connectivity index (χ2n) is 4.99. The van der Waals surface area contributed by atoms with Crippen molar-refractivity contribution in [2.24, 2.45) is 0 Å². The normalized spacial score (nSPS) is 13.4. The van der Waals surface area contributed by atoms with Gasteiger partial charge in [0.1, 0.15) is 5.54 Å². The van der Waals surface area contributed by atoms with E-state index >= 15 is 0 Å². The van der Waals surface area contributed by atoms with Crippen LogP contribution in [0.3, 0.4) is 0 Å². The number of ether oxygens (including phenoxy) is 1. The maximum absolute atomic E-state index is 12.3. The molecule has 110 valence electrons. The lowest BCUT2D eigenvalue weighted by molar-refractivity contribution is -0.147. The molecule has 0 heterocycles. The number of amides is 1. The van der Waals surface area contributed by atoms with E-state index in [2.05, 4.69) is 21.2 Å². The summed E-state index contributed by atoms with van der Waals surface area (Å²) in [4.78, 5) is 24.2. The fraction of sp³-hybridized carbons (Fsp3) is 0.467. The number of aryl methyl sites for hydroxylation is 1. The third kappa shape index (κ3) is 3.82. The molecule has 4 nitrogen and oxygen atoms in total. The predicted octanol–water partition coefficient (Wildman–Crippen LogP) is 3.22. The van der Waals surface area contributed by atoms with Gasteiger partial charge in [-0.25, -0.2) is 4.79 Å². The average Bonchev–Trinajstić information content (AvgIpc) is 2.40. The SMILES string of the molecule is CCCC(C)(NC(=O)c1ccc(Br)c(C)c1)C(=O)OC. The highest BCUT2D eigenvalue weighted by Gasteiger charge is 2.35. The van der Waals surface area contributed by atoms with Crippen LogP contribution in [0, 0.1) is 6.92 Å². The van der Waals surface area contributed by atoms with Crippen molar-refractivity contribution in [2.45, 2.75) is 39.2 Å². The Morgan fingerprint density at radius 1 is 1.40 bits per heavy atom. The van der Waals surface area contributed by atoms with E-state index < -0.39 is 11.5 Å². The Kier molecular flexibility index (Phi) is 5.74. The summed E-state index contributed by atoms with van der Waals surface area (Å²) in [7, 11) is 1.33. The number of benzene rings is 1. The largest absolute Gasteiger partial charge is 0.467 e. The highest BCUT2D eigenvalue weighted by Crippen LogP contribution is 2.19. The van der Waals surface area contributed by atoms with Crippen LogP contribution >= 0.6 is 15.9 Å². The van der Waals surface area contributed by atoms with Gasteiger partial charge in [-0.15, -0.1) is 0 Å². The van der Waals surface area contributed by atoms with E-state index in [1.807, 2.05) is 19.9 Å². The molecule has 0 aromatic heterocycles. The fourth-order valence-corrected chi connectivity index (χ4v) is 2.30. The van der Waals surface area contributed by atoms with Crippen molar-refractivity contribution in [2.75, 3.05) is 7.11 Å². The quantitative estimate of drug-likeness (QED) is 0.836. The molecule has 20 heavy (non-hydrogen) atoms. The summed E-state index contributed by atoms with van der Waals surface area (Å²) < 4.78 is 5.73. The zero-order valence-electron chi connectivity index (χ0n) is 12.2. The van der Waals surface area contributed by atoms with Gasteiger partial charge in [-0.1, -0.05) is 29.3 Å². The minimum atomic E-state index is -0.998. The lowest BCUT2D eigenvalue weighted by atomic mass is 9.95. The topological polar surface area (TPSA) is 55.4 Å². The van der Waals surface area contributed by atoms with Gasteiger partial charge in [-0.2, -0.15) is 0 Å². The molecule has 0 aliphatic rings. The van der Waals surface area contributed by atoms with Crippen molar-refractivity contribution in [3.8, 4) is 0 Å². The molecule has 1 aromatic carbocycles. The van der Waals surface area contributed by atoms with Crippen molar-refractivity contribution in [1.82, 2.24) is 5.32 Å². The molecule has 1 amide bonds. The fourth-order valence-electron chi connectivity index (χ4n) is 2.05. The molecule has 0 saturated heterocycles. The van der Waals surface area contributed by atoms with Gasteiger partial charge in [0.05, 0.1) is 7.11 Å². The van der Waals surface area contributed by atoms with E-state index in [4.69, 9.17) is 4.74 Å². The van der Waals surface area contributed by atoms with E-state index in [1.165, 1.54) is 7.11 Å². The van der Waals surface area contributed by atoms with Gasteiger partial charge >= 0.3 is 5.97 Å². The third-order valence-corrected chi connectivity index (χ3v) is 4.09. The zero-order valence-corrected chi connectivity index (χ0v) is 13.8. The van der Waals surface area contributed by atoms with Crippen molar-refractivity contribution < 1.29 is 14.3 Å². The zero-order chi connectivity index (χ0) is 15.3. The molecule has 0 radical (unpaired) electrons. The predicted molar refractivity (Wildman–Crippen MR) is 81.7 cm³/mol. The summed E-state index contributed by atoms with van der Waals surface area (Å²) >= 11 is 3.39. The first-order chi connectivity index (χ1) is 9.34. The van der Waals surface area contributed by atoms with Crippen LogP contribution in [-0.2, 0) is 9.53 Å². The Hall–Kier alpha value is -1.36. The lowest BCUT2D eigenvalue weighted by Gasteiger charge is -2.27. The van der Waals surface area contributed by atoms with Crippen molar-refractivity contribution in [3.05, 3.63) is 33.8 Å². The maximum Gasteiger partial charge on any atom is 0.331 e. The van der Waals surface area contributed by atoms with Gasteiger partial charge in [0, 0.05) is 10.0 Å². The van der Waals surface area contributed by atoms with E-state index in [1.54, 1.807) is 19.1 Å². The first kappa shape index (κ1) is 16.7. The summed E-state index contributed by atoms with van der Waals surface area (Å²) in [6.07, 6.45) is 1.30. The molecule has 0 bridgehead atoms. The second kappa shape index (κ2) is 6.88. The Morgan fingerprint density at radius 2 is 2.05 bits per heavy atom. The number of hydrogen-bond acceptors (Lipinski definition) is 3. The van der Waals surface area contributed by atoms with Gasteiger partial charge in [0.2, 0.25) is 0 Å². The van der Waals surface area contributed by atoms with E-state index in [9.17, 15) is 9.59 Å². The Bertz CT molecular complexity index is 516. The molecular weight excluding hydrogens is 322 g/mol. The Balaban J connectivity index is 2.96. The number of halogens is 1. The Morgan fingerprint density at radius 3 is 2.55 bits per heavy atom. The van der Waals surface area contributed by atoms with Crippen LogP contribution in [0.2, 0.25) is 0 Å². The molecular formula is C15H20BrNO3. The first-order valence-corrected chi connectivity index (χ1v) is 7.30. The van der Waals surface area contributed by atoms with Gasteiger partial charge in [-0.3, -0.25) is 4.79 Å². The summed E-state index contributed by atoms with van der Waals surface area (Å²) in [5, 5.41) is 2.78. The highest BCUT2D eigenvalue weighted by atomic mass is 79.9. The molecule has 1 aromatic rings. The average molecular weight is 342 g/mol. The molecule has 0 saturated carbocycles. The monoisotopic (exact) mass is 341 g/mol. The number of rotatable bonds is 5. The Labute approximate surface area is 128 Å². The van der Waals surface area contributed by atoms with Crippen molar-refractivity contribution >= 4 is 27.8 Å². The number of hydrogen-bond donors (Lipinski definition) is 1. The van der Waals surface area contributed by atoms with Crippen LogP contribution in [0.15, 0.2) is 22.7 Å². The summed E-state index contributed by atoms with van der Waals surface area (Å²) in [5.74, 6) is -0.705. The summed E-state index contributed by atoms with van der Waals surface area (Å²) in [5.41, 5.74) is 0.492. The second-order valence-corrected chi connectivity index (χ2v) is 5.85. The minimum Gasteiger partial charge on any atom is -0.467 e. The molecule has 0 aliphatic heterocycles. The number of nitrogens with one attached hydrogen (secondary N) is 1. The minimum absolute atomic E-state index is 0.276. The molecule has 1 N–H and O–H groups in total. The van der Waals surface area contributed by atoms with Crippen LogP contribution in [0.4, 0.5) is 0 Å². The molecule has 0 fully saturated rings. The maximum atomic E-state index is 12.3. The van der Waals surface area contributed by atoms with Gasteiger partial charge < -0.3 is 10.1 Å². The van der Waals surface area contributed by atoms with Crippen LogP contribution in [0.5, 0.6) is 0 Å². The van der Waals surface area contributed by atoms with Gasteiger partial charge in [0.15, 0.2) is 0 Å². The molecule has 1 atom stereocenters. The smallest absolute Gasteiger partial charge is 0.331 e. The standard InChI is InChI=1S/C15H20BrNO3/c1-5-8-15(3,14(19)20-4)17-13(18)11-6-7-12(16)10(2)9-11/h6-7,9H,5,8H2,1-4H3,(H,17,18). The number of carbonyl (C=O) groups is 2. The van der Waals surface area contributed by atoms with Gasteiger partial charge in [-0.05, 0) is 44.0 Å². The lowest BCUT2D eigenvalue weighted by Crippen LogP contribution is -2.52. The molecule has 1 unspecified atom stereocenters. The highest BCUT2D eigenvalue weighted by molar-refractivity contribution is 9.10. The van der Waals surface area contributed by atoms with Gasteiger partial charge in [0.25, 0.3) is 5.91 Å². The van der Waals surface area contributed by atoms with E-state index in [0.29, 0.717) is 12.0 Å². The number of esters is 1. The van der Waals surface area contributed by atoms with Crippen molar-refractivity contribution in [1.29, 1.82) is 0 Å². The number of methoxy groups -OCH3 is 1. The molecule has 0 spiro atoms. The van der Waals surface area contributed by atoms with E-state index in [-0.39, 0.29) is 5.91 Å². The van der Waals surface area contributed by atoms with Crippen molar-refractivity contribution in [3.63, 3.8) is 0 Å². The summed E-state index contributed by atoms with van der Waals surface area (Å²) in [6.45, 7) is 5.55. The molecule has 1 rings (SSSR count). The molecule has 0 aliphatic carbocycles. The van der Waals surface area contributed by atoms with Crippen LogP contribution in [-0.4, -0.2) is 24.5 Å². The van der Waals surface area contributed by atoms with Crippen LogP contribution in [0.25, 0.3) is 0 Å². The first-order valence-electron chi connectivity index (χ1n) is 6.51. The number of carbonyl (C=O) groups excluding carboxylic acids is 2. The van der Waals surface area contributed by atoms with Crippen LogP contribution < -0.4 is 5.32 Å². The van der Waals surface area contributed by atoms with Crippen LogP contribution in [0.1, 0.15) is 42.6 Å². The molecule has 5 heteroatoms.